The van der Waals surface area contributed by atoms with Gasteiger partial charge < -0.3 is 19.5 Å². The normalized spacial score (nSPS) is 14.6. The van der Waals surface area contributed by atoms with E-state index in [1.807, 2.05) is 0 Å². The molecule has 1 aromatic rings. The maximum Gasteiger partial charge on any atom is 0.331 e. The lowest BCUT2D eigenvalue weighted by molar-refractivity contribution is -0.153. The molecule has 1 aliphatic heterocycles. The quantitative estimate of drug-likeness (QED) is 0.423. The summed E-state index contributed by atoms with van der Waals surface area (Å²) in [7, 11) is 1.51. The molecule has 3 amide bonds. The third-order valence-electron chi connectivity index (χ3n) is 3.72. The van der Waals surface area contributed by atoms with Gasteiger partial charge in [-0.15, -0.1) is 0 Å². The van der Waals surface area contributed by atoms with Crippen molar-refractivity contribution in [3.63, 3.8) is 0 Å². The van der Waals surface area contributed by atoms with Crippen LogP contribution in [0.3, 0.4) is 0 Å². The number of hydrogen-bond donors (Lipinski definition) is 1. The Labute approximate surface area is 157 Å². The monoisotopic (exact) mass is 374 g/mol. The molecule has 1 aromatic carbocycles. The highest BCUT2D eigenvalue weighted by atomic mass is 16.5. The summed E-state index contributed by atoms with van der Waals surface area (Å²) in [6, 6.07) is 4.68. The number of imide groups is 1. The number of ether oxygens (including phenoxy) is 3. The molecular weight excluding hydrogens is 352 g/mol. The highest BCUT2D eigenvalue weighted by Crippen LogP contribution is 2.28. The molecule has 27 heavy (non-hydrogen) atoms. The number of nitrogens with zero attached hydrogens (tertiary/aromatic N) is 1. The SMILES string of the molecule is C=CCOc1ccc(/C=C/C(=O)O[C@H](C)C(=O)N2CCNC2=O)cc1OC. The van der Waals surface area contributed by atoms with Crippen LogP contribution in [0.5, 0.6) is 11.5 Å². The van der Waals surface area contributed by atoms with Crippen LogP contribution in [0.4, 0.5) is 4.79 Å². The molecule has 0 aliphatic carbocycles. The van der Waals surface area contributed by atoms with Crippen LogP contribution in [0.1, 0.15) is 12.5 Å². The van der Waals surface area contributed by atoms with Gasteiger partial charge in [0.25, 0.3) is 5.91 Å². The second-order valence-electron chi connectivity index (χ2n) is 5.64. The molecule has 1 N–H and O–H groups in total. The highest BCUT2D eigenvalue weighted by Gasteiger charge is 2.31. The smallest absolute Gasteiger partial charge is 0.331 e. The van der Waals surface area contributed by atoms with Gasteiger partial charge in [0.15, 0.2) is 17.6 Å². The Balaban J connectivity index is 1.96. The van der Waals surface area contributed by atoms with Crippen molar-refractivity contribution in [3.8, 4) is 11.5 Å². The van der Waals surface area contributed by atoms with E-state index in [4.69, 9.17) is 14.2 Å². The van der Waals surface area contributed by atoms with Crippen LogP contribution >= 0.6 is 0 Å². The summed E-state index contributed by atoms with van der Waals surface area (Å²) in [5.74, 6) is -0.185. The van der Waals surface area contributed by atoms with Gasteiger partial charge in [0.2, 0.25) is 0 Å². The minimum atomic E-state index is -1.06. The Bertz CT molecular complexity index is 759. The number of esters is 1. The molecule has 1 heterocycles. The molecule has 0 spiro atoms. The lowest BCUT2D eigenvalue weighted by Crippen LogP contribution is -2.41. The molecule has 0 aromatic heterocycles. The van der Waals surface area contributed by atoms with Crippen molar-refractivity contribution in [2.24, 2.45) is 0 Å². The van der Waals surface area contributed by atoms with Gasteiger partial charge in [-0.3, -0.25) is 9.69 Å². The molecule has 8 nitrogen and oxygen atoms in total. The van der Waals surface area contributed by atoms with Crippen LogP contribution in [-0.4, -0.2) is 55.7 Å². The van der Waals surface area contributed by atoms with Crippen LogP contribution in [-0.2, 0) is 14.3 Å². The number of methoxy groups -OCH3 is 1. The topological polar surface area (TPSA) is 94.2 Å². The predicted molar refractivity (Wildman–Crippen MR) is 98.4 cm³/mol. The van der Waals surface area contributed by atoms with E-state index in [-0.39, 0.29) is 6.54 Å². The molecule has 0 radical (unpaired) electrons. The van der Waals surface area contributed by atoms with E-state index in [9.17, 15) is 14.4 Å². The van der Waals surface area contributed by atoms with Crippen LogP contribution in [0.25, 0.3) is 6.08 Å². The largest absolute Gasteiger partial charge is 0.493 e. The van der Waals surface area contributed by atoms with Crippen LogP contribution in [0.2, 0.25) is 0 Å². The van der Waals surface area contributed by atoms with Gasteiger partial charge in [-0.05, 0) is 30.7 Å². The fourth-order valence-electron chi connectivity index (χ4n) is 2.39. The molecular formula is C19H22N2O6. The molecule has 1 saturated heterocycles. The van der Waals surface area contributed by atoms with Gasteiger partial charge in [-0.1, -0.05) is 18.7 Å². The Kier molecular flexibility index (Phi) is 6.99. The molecule has 0 unspecified atom stereocenters. The number of nitrogens with one attached hydrogen (secondary N) is 1. The first-order valence-electron chi connectivity index (χ1n) is 8.36. The predicted octanol–water partition coefficient (Wildman–Crippen LogP) is 1.76. The Morgan fingerprint density at radius 3 is 2.78 bits per heavy atom. The molecule has 8 heteroatoms. The van der Waals surface area contributed by atoms with Crippen molar-refractivity contribution in [1.29, 1.82) is 0 Å². The standard InChI is InChI=1S/C19H22N2O6/c1-4-11-26-15-7-5-14(12-16(15)25-3)6-8-17(22)27-13(2)18(23)21-10-9-20-19(21)24/h4-8,12-13H,1,9-11H2,2-3H3,(H,20,24)/b8-6+/t13-/m1/s1. The van der Waals surface area contributed by atoms with Crippen LogP contribution in [0, 0.1) is 0 Å². The van der Waals surface area contributed by atoms with Gasteiger partial charge in [-0.25, -0.2) is 9.59 Å². The fourth-order valence-corrected chi connectivity index (χ4v) is 2.39. The number of urea groups is 1. The lowest BCUT2D eigenvalue weighted by atomic mass is 10.2. The van der Waals surface area contributed by atoms with Crippen molar-refractivity contribution in [2.75, 3.05) is 26.8 Å². The minimum absolute atomic E-state index is 0.259. The number of carbonyl (C=O) groups excluding carboxylic acids is 3. The zero-order chi connectivity index (χ0) is 19.8. The van der Waals surface area contributed by atoms with Gasteiger partial charge in [-0.2, -0.15) is 0 Å². The Morgan fingerprint density at radius 1 is 1.37 bits per heavy atom. The molecule has 1 atom stereocenters. The van der Waals surface area contributed by atoms with E-state index < -0.39 is 24.0 Å². The van der Waals surface area contributed by atoms with Gasteiger partial charge in [0.1, 0.15) is 6.61 Å². The number of carbonyl (C=O) groups is 3. The molecule has 0 bridgehead atoms. The second-order valence-corrected chi connectivity index (χ2v) is 5.64. The second kappa shape index (κ2) is 9.42. The molecule has 144 valence electrons. The van der Waals surface area contributed by atoms with E-state index in [0.717, 1.165) is 4.90 Å². The van der Waals surface area contributed by atoms with Crippen molar-refractivity contribution in [1.82, 2.24) is 10.2 Å². The third kappa shape index (κ3) is 5.34. The average Bonchev–Trinajstić information content (AvgIpc) is 3.10. The lowest BCUT2D eigenvalue weighted by Gasteiger charge is -2.17. The van der Waals surface area contributed by atoms with E-state index in [1.165, 1.54) is 26.2 Å². The molecule has 1 fully saturated rings. The summed E-state index contributed by atoms with van der Waals surface area (Å²) in [4.78, 5) is 36.5. The molecule has 0 saturated carbocycles. The highest BCUT2D eigenvalue weighted by molar-refractivity contribution is 5.99. The van der Waals surface area contributed by atoms with Crippen molar-refractivity contribution < 1.29 is 28.6 Å². The van der Waals surface area contributed by atoms with E-state index in [2.05, 4.69) is 11.9 Å². The number of amides is 3. The van der Waals surface area contributed by atoms with Crippen LogP contribution < -0.4 is 14.8 Å². The Morgan fingerprint density at radius 2 is 2.15 bits per heavy atom. The number of benzene rings is 1. The van der Waals surface area contributed by atoms with E-state index in [1.54, 1.807) is 24.3 Å². The summed E-state index contributed by atoms with van der Waals surface area (Å²) >= 11 is 0. The summed E-state index contributed by atoms with van der Waals surface area (Å²) in [6.07, 6.45) is 3.29. The zero-order valence-corrected chi connectivity index (χ0v) is 15.3. The minimum Gasteiger partial charge on any atom is -0.493 e. The molecule has 2 rings (SSSR count). The van der Waals surface area contributed by atoms with E-state index in [0.29, 0.717) is 30.2 Å². The van der Waals surface area contributed by atoms with E-state index >= 15 is 0 Å². The average molecular weight is 374 g/mol. The van der Waals surface area contributed by atoms with Gasteiger partial charge >= 0.3 is 12.0 Å². The van der Waals surface area contributed by atoms with Gasteiger partial charge in [0.05, 0.1) is 7.11 Å². The van der Waals surface area contributed by atoms with Crippen molar-refractivity contribution in [3.05, 3.63) is 42.5 Å². The third-order valence-corrected chi connectivity index (χ3v) is 3.72. The van der Waals surface area contributed by atoms with Crippen molar-refractivity contribution >= 4 is 24.0 Å². The summed E-state index contributed by atoms with van der Waals surface area (Å²) < 4.78 is 15.8. The van der Waals surface area contributed by atoms with Gasteiger partial charge in [0, 0.05) is 19.2 Å². The number of rotatable bonds is 8. The van der Waals surface area contributed by atoms with Crippen LogP contribution in [0.15, 0.2) is 36.9 Å². The maximum atomic E-state index is 12.1. The summed E-state index contributed by atoms with van der Waals surface area (Å²) in [6.45, 7) is 6.00. The first-order chi connectivity index (χ1) is 13.0. The van der Waals surface area contributed by atoms with Crippen molar-refractivity contribution in [2.45, 2.75) is 13.0 Å². The summed E-state index contributed by atoms with van der Waals surface area (Å²) in [5.41, 5.74) is 0.688. The fraction of sp³-hybridized carbons (Fsp3) is 0.316. The summed E-state index contributed by atoms with van der Waals surface area (Å²) in [5, 5.41) is 2.52. The Hall–Kier alpha value is -3.29. The zero-order valence-electron chi connectivity index (χ0n) is 15.3. The first kappa shape index (κ1) is 20.0. The maximum absolute atomic E-state index is 12.1. The first-order valence-corrected chi connectivity index (χ1v) is 8.36. The number of hydrogen-bond acceptors (Lipinski definition) is 6. The molecule has 1 aliphatic rings.